The van der Waals surface area contributed by atoms with Crippen LogP contribution in [0.5, 0.6) is 0 Å². The molecule has 4 heteroatoms. The number of nitrogens with two attached hydrogens (primary N) is 1. The van der Waals surface area contributed by atoms with Gasteiger partial charge in [-0.1, -0.05) is 19.1 Å². The van der Waals surface area contributed by atoms with Crippen molar-refractivity contribution in [2.45, 2.75) is 17.1 Å². The molecule has 0 bridgehead atoms. The second-order valence-electron chi connectivity index (χ2n) is 3.66. The molecule has 0 aliphatic heterocycles. The minimum Gasteiger partial charge on any atom is -0.397 e. The van der Waals surface area contributed by atoms with Gasteiger partial charge >= 0.3 is 0 Å². The average Bonchev–Trinajstić information content (AvgIpc) is 2.30. The largest absolute Gasteiger partial charge is 0.397 e. The van der Waals surface area contributed by atoms with Gasteiger partial charge in [-0.2, -0.15) is 0 Å². The van der Waals surface area contributed by atoms with E-state index in [1.807, 2.05) is 31.2 Å². The molecule has 0 aliphatic rings. The molecule has 0 amide bonds. The van der Waals surface area contributed by atoms with Crippen LogP contribution in [0.25, 0.3) is 10.9 Å². The number of para-hydroxylation sites is 1. The van der Waals surface area contributed by atoms with E-state index in [0.717, 1.165) is 15.8 Å². The molecule has 0 saturated carbocycles. The van der Waals surface area contributed by atoms with Crippen LogP contribution in [-0.4, -0.2) is 21.9 Å². The number of thioether (sulfide) groups is 1. The maximum Gasteiger partial charge on any atom is 0.0942 e. The van der Waals surface area contributed by atoms with Crippen LogP contribution in [0.2, 0.25) is 0 Å². The Morgan fingerprint density at radius 3 is 3.00 bits per heavy atom. The quantitative estimate of drug-likeness (QED) is 0.632. The Bertz CT molecular complexity index is 501. The van der Waals surface area contributed by atoms with Gasteiger partial charge in [-0.3, -0.25) is 4.98 Å². The fraction of sp³-hybridized carbons (Fsp3) is 0.250. The van der Waals surface area contributed by atoms with E-state index >= 15 is 0 Å². The zero-order valence-electron chi connectivity index (χ0n) is 9.05. The first-order valence-corrected chi connectivity index (χ1v) is 6.01. The number of anilines is 1. The number of aromatic nitrogens is 1. The van der Waals surface area contributed by atoms with Crippen LogP contribution < -0.4 is 5.73 Å². The van der Waals surface area contributed by atoms with Crippen molar-refractivity contribution in [2.75, 3.05) is 12.3 Å². The van der Waals surface area contributed by atoms with Crippen molar-refractivity contribution in [2.24, 2.45) is 0 Å². The van der Waals surface area contributed by atoms with E-state index in [0.29, 0.717) is 5.69 Å². The summed E-state index contributed by atoms with van der Waals surface area (Å²) < 4.78 is 0. The number of rotatable bonds is 3. The molecule has 0 spiro atoms. The van der Waals surface area contributed by atoms with Crippen molar-refractivity contribution in [3.8, 4) is 0 Å². The Morgan fingerprint density at radius 2 is 2.25 bits per heavy atom. The highest BCUT2D eigenvalue weighted by Gasteiger charge is 2.08. The van der Waals surface area contributed by atoms with Crippen molar-refractivity contribution in [1.29, 1.82) is 0 Å². The number of fused-ring (bicyclic) bond motifs is 1. The number of nitrogens with zero attached hydrogens (tertiary/aromatic N) is 1. The van der Waals surface area contributed by atoms with Gasteiger partial charge in [0, 0.05) is 21.7 Å². The molecule has 1 aromatic carbocycles. The highest BCUT2D eigenvalue weighted by molar-refractivity contribution is 8.00. The van der Waals surface area contributed by atoms with E-state index < -0.39 is 0 Å². The van der Waals surface area contributed by atoms with Crippen molar-refractivity contribution in [1.82, 2.24) is 4.98 Å². The van der Waals surface area contributed by atoms with Gasteiger partial charge in [0.25, 0.3) is 0 Å². The monoisotopic (exact) mass is 234 g/mol. The molecule has 3 nitrogen and oxygen atoms in total. The summed E-state index contributed by atoms with van der Waals surface area (Å²) in [4.78, 5) is 5.38. The molecule has 2 aromatic rings. The summed E-state index contributed by atoms with van der Waals surface area (Å²) in [5.74, 6) is 0. The van der Waals surface area contributed by atoms with Gasteiger partial charge in [0.15, 0.2) is 0 Å². The van der Waals surface area contributed by atoms with Gasteiger partial charge in [0.2, 0.25) is 0 Å². The summed E-state index contributed by atoms with van der Waals surface area (Å²) in [5.41, 5.74) is 7.39. The Morgan fingerprint density at radius 1 is 1.44 bits per heavy atom. The first kappa shape index (κ1) is 11.2. The Labute approximate surface area is 98.7 Å². The minimum atomic E-state index is 0.163. The predicted molar refractivity (Wildman–Crippen MR) is 68.6 cm³/mol. The highest BCUT2D eigenvalue weighted by atomic mass is 32.2. The summed E-state index contributed by atoms with van der Waals surface area (Å²) in [7, 11) is 0. The fourth-order valence-corrected chi connectivity index (χ4v) is 2.47. The maximum absolute atomic E-state index is 9.06. The maximum atomic E-state index is 9.06. The minimum absolute atomic E-state index is 0.163. The third kappa shape index (κ3) is 2.13. The van der Waals surface area contributed by atoms with E-state index in [2.05, 4.69) is 4.98 Å². The van der Waals surface area contributed by atoms with E-state index in [1.165, 1.54) is 0 Å². The summed E-state index contributed by atoms with van der Waals surface area (Å²) >= 11 is 1.64. The molecule has 1 heterocycles. The van der Waals surface area contributed by atoms with Crippen LogP contribution in [-0.2, 0) is 0 Å². The normalized spacial score (nSPS) is 12.9. The van der Waals surface area contributed by atoms with Crippen LogP contribution in [0, 0.1) is 0 Å². The van der Waals surface area contributed by atoms with Gasteiger partial charge in [-0.15, -0.1) is 11.8 Å². The molecular formula is C12H14N2OS. The van der Waals surface area contributed by atoms with Crippen LogP contribution in [0.1, 0.15) is 6.92 Å². The lowest BCUT2D eigenvalue weighted by Crippen LogP contribution is -2.01. The van der Waals surface area contributed by atoms with Crippen LogP contribution in [0.3, 0.4) is 0 Å². The van der Waals surface area contributed by atoms with Crippen molar-refractivity contribution < 1.29 is 5.11 Å². The van der Waals surface area contributed by atoms with Crippen LogP contribution in [0.4, 0.5) is 5.69 Å². The summed E-state index contributed by atoms with van der Waals surface area (Å²) in [6, 6.07) is 7.73. The molecule has 1 unspecified atom stereocenters. The molecule has 1 atom stereocenters. The predicted octanol–water partition coefficient (Wildman–Crippen LogP) is 2.29. The lowest BCUT2D eigenvalue weighted by atomic mass is 10.2. The van der Waals surface area contributed by atoms with E-state index in [1.54, 1.807) is 18.0 Å². The number of pyridine rings is 1. The molecule has 0 radical (unpaired) electrons. The number of aliphatic hydroxyl groups is 1. The van der Waals surface area contributed by atoms with Crippen LogP contribution in [0.15, 0.2) is 35.4 Å². The lowest BCUT2D eigenvalue weighted by Gasteiger charge is -2.10. The molecule has 16 heavy (non-hydrogen) atoms. The Hall–Kier alpha value is -1.26. The topological polar surface area (TPSA) is 59.1 Å². The van der Waals surface area contributed by atoms with Crippen molar-refractivity contribution >= 4 is 28.4 Å². The zero-order valence-corrected chi connectivity index (χ0v) is 9.87. The van der Waals surface area contributed by atoms with Gasteiger partial charge < -0.3 is 10.8 Å². The number of benzene rings is 1. The number of nitrogen functional groups attached to an aromatic ring is 1. The SMILES string of the molecule is CC(CO)Sc1ccnc2c(N)cccc12. The van der Waals surface area contributed by atoms with Gasteiger partial charge in [-0.05, 0) is 12.1 Å². The Balaban J connectivity index is 2.50. The first-order valence-electron chi connectivity index (χ1n) is 5.13. The molecule has 1 aromatic heterocycles. The number of hydrogen-bond acceptors (Lipinski definition) is 4. The third-order valence-corrected chi connectivity index (χ3v) is 3.51. The molecule has 2 rings (SSSR count). The first-order chi connectivity index (χ1) is 7.72. The molecule has 3 N–H and O–H groups in total. The second-order valence-corrected chi connectivity index (χ2v) is 5.14. The standard InChI is InChI=1S/C12H14N2OS/c1-8(7-15)16-11-5-6-14-12-9(11)3-2-4-10(12)13/h2-6,8,15H,7,13H2,1H3. The average molecular weight is 234 g/mol. The van der Waals surface area contributed by atoms with Gasteiger partial charge in [-0.25, -0.2) is 0 Å². The number of hydrogen-bond donors (Lipinski definition) is 2. The highest BCUT2D eigenvalue weighted by Crippen LogP contribution is 2.31. The van der Waals surface area contributed by atoms with E-state index in [9.17, 15) is 0 Å². The van der Waals surface area contributed by atoms with E-state index in [4.69, 9.17) is 10.8 Å². The smallest absolute Gasteiger partial charge is 0.0942 e. The molecule has 0 saturated heterocycles. The third-order valence-electron chi connectivity index (χ3n) is 2.35. The summed E-state index contributed by atoms with van der Waals surface area (Å²) in [5, 5.41) is 10.3. The lowest BCUT2D eigenvalue weighted by molar-refractivity contribution is 0.300. The summed E-state index contributed by atoms with van der Waals surface area (Å²) in [6.07, 6.45) is 1.76. The number of aliphatic hydroxyl groups excluding tert-OH is 1. The van der Waals surface area contributed by atoms with Crippen LogP contribution >= 0.6 is 11.8 Å². The fourth-order valence-electron chi connectivity index (χ4n) is 1.53. The van der Waals surface area contributed by atoms with E-state index in [-0.39, 0.29) is 11.9 Å². The van der Waals surface area contributed by atoms with Crippen molar-refractivity contribution in [3.63, 3.8) is 0 Å². The van der Waals surface area contributed by atoms with Gasteiger partial charge in [0.1, 0.15) is 0 Å². The molecule has 84 valence electrons. The molecule has 0 aliphatic carbocycles. The molecular weight excluding hydrogens is 220 g/mol. The zero-order chi connectivity index (χ0) is 11.5. The van der Waals surface area contributed by atoms with Gasteiger partial charge in [0.05, 0.1) is 17.8 Å². The Kier molecular flexibility index (Phi) is 3.31. The summed E-state index contributed by atoms with van der Waals surface area (Å²) in [6.45, 7) is 2.15. The molecule has 0 fully saturated rings. The van der Waals surface area contributed by atoms with Crippen molar-refractivity contribution in [3.05, 3.63) is 30.5 Å². The second kappa shape index (κ2) is 4.72.